The summed E-state index contributed by atoms with van der Waals surface area (Å²) in [6.45, 7) is 2.96. The summed E-state index contributed by atoms with van der Waals surface area (Å²) in [6.07, 6.45) is 1.75. The van der Waals surface area contributed by atoms with Crippen LogP contribution in [0.25, 0.3) is 0 Å². The molecule has 0 aliphatic rings. The highest BCUT2D eigenvalue weighted by Gasteiger charge is 1.91. The predicted molar refractivity (Wildman–Crippen MR) is 45.0 cm³/mol. The number of hydrogen-bond donors (Lipinski definition) is 1. The Morgan fingerprint density at radius 2 is 2.36 bits per heavy atom. The lowest BCUT2D eigenvalue weighted by molar-refractivity contribution is 0.398. The fourth-order valence-corrected chi connectivity index (χ4v) is 0.810. The van der Waals surface area contributed by atoms with Crippen LogP contribution in [-0.4, -0.2) is 18.6 Å². The molecule has 0 saturated carbocycles. The average molecular weight is 152 g/mol. The molecule has 60 valence electrons. The van der Waals surface area contributed by atoms with Crippen LogP contribution in [-0.2, 0) is 0 Å². The first-order chi connectivity index (χ1) is 5.36. The van der Waals surface area contributed by atoms with Crippen molar-refractivity contribution < 1.29 is 4.74 Å². The van der Waals surface area contributed by atoms with Crippen molar-refractivity contribution in [3.8, 4) is 5.88 Å². The zero-order valence-corrected chi connectivity index (χ0v) is 6.79. The van der Waals surface area contributed by atoms with Gasteiger partial charge in [0.2, 0.25) is 5.88 Å². The predicted octanol–water partition coefficient (Wildman–Crippen LogP) is 1.52. The number of aromatic nitrogens is 1. The Balaban J connectivity index is 2.66. The molecule has 1 N–H and O–H groups in total. The first-order valence-electron chi connectivity index (χ1n) is 3.60. The number of nitrogens with one attached hydrogen (secondary N) is 1. The molecule has 0 aliphatic carbocycles. The van der Waals surface area contributed by atoms with Crippen LogP contribution < -0.4 is 10.1 Å². The van der Waals surface area contributed by atoms with Crippen LogP contribution in [0.4, 0.5) is 5.69 Å². The highest BCUT2D eigenvalue weighted by Crippen LogP contribution is 2.09. The number of rotatable bonds is 3. The van der Waals surface area contributed by atoms with Gasteiger partial charge in [-0.25, -0.2) is 4.98 Å². The number of hydrogen-bond acceptors (Lipinski definition) is 3. The number of anilines is 1. The topological polar surface area (TPSA) is 34.1 Å². The van der Waals surface area contributed by atoms with Crippen LogP contribution in [0.2, 0.25) is 0 Å². The van der Waals surface area contributed by atoms with Crippen LogP contribution in [0, 0.1) is 0 Å². The van der Waals surface area contributed by atoms with Gasteiger partial charge < -0.3 is 10.1 Å². The summed E-state index contributed by atoms with van der Waals surface area (Å²) in [5.41, 5.74) is 1.02. The molecular weight excluding hydrogens is 140 g/mol. The normalized spacial score (nSPS) is 9.27. The number of ether oxygens (including phenoxy) is 1. The first kappa shape index (κ1) is 7.85. The summed E-state index contributed by atoms with van der Waals surface area (Å²) in [4.78, 5) is 4.03. The third kappa shape index (κ3) is 2.11. The first-order valence-corrected chi connectivity index (χ1v) is 3.60. The number of pyridine rings is 1. The molecule has 0 fully saturated rings. The SMILES string of the molecule is CCNc1ccc(OC)nc1. The molecular formula is C8H12N2O. The fourth-order valence-electron chi connectivity index (χ4n) is 0.810. The van der Waals surface area contributed by atoms with Gasteiger partial charge in [0.05, 0.1) is 19.0 Å². The maximum Gasteiger partial charge on any atom is 0.213 e. The van der Waals surface area contributed by atoms with E-state index in [0.717, 1.165) is 12.2 Å². The maximum absolute atomic E-state index is 4.91. The highest BCUT2D eigenvalue weighted by molar-refractivity contribution is 5.41. The van der Waals surface area contributed by atoms with Gasteiger partial charge >= 0.3 is 0 Å². The van der Waals surface area contributed by atoms with E-state index < -0.39 is 0 Å². The molecule has 0 amide bonds. The lowest BCUT2D eigenvalue weighted by atomic mass is 10.4. The third-order valence-electron chi connectivity index (χ3n) is 1.33. The Morgan fingerprint density at radius 3 is 2.82 bits per heavy atom. The van der Waals surface area contributed by atoms with Gasteiger partial charge in [-0.1, -0.05) is 0 Å². The average Bonchev–Trinajstić information content (AvgIpc) is 2.07. The molecule has 0 spiro atoms. The second kappa shape index (κ2) is 3.81. The fraction of sp³-hybridized carbons (Fsp3) is 0.375. The number of nitrogens with zero attached hydrogens (tertiary/aromatic N) is 1. The molecule has 1 rings (SSSR count). The van der Waals surface area contributed by atoms with Gasteiger partial charge in [0, 0.05) is 12.6 Å². The van der Waals surface area contributed by atoms with Crippen molar-refractivity contribution in [1.82, 2.24) is 4.98 Å². The van der Waals surface area contributed by atoms with Gasteiger partial charge in [-0.3, -0.25) is 0 Å². The van der Waals surface area contributed by atoms with Gasteiger partial charge in [-0.05, 0) is 13.0 Å². The van der Waals surface area contributed by atoms with Crippen molar-refractivity contribution in [2.24, 2.45) is 0 Å². The Bertz CT molecular complexity index is 208. The van der Waals surface area contributed by atoms with E-state index in [1.165, 1.54) is 0 Å². The van der Waals surface area contributed by atoms with Crippen molar-refractivity contribution >= 4 is 5.69 Å². The van der Waals surface area contributed by atoms with E-state index in [2.05, 4.69) is 10.3 Å². The van der Waals surface area contributed by atoms with Gasteiger partial charge in [0.25, 0.3) is 0 Å². The Labute approximate surface area is 66.4 Å². The molecule has 0 radical (unpaired) electrons. The van der Waals surface area contributed by atoms with Gasteiger partial charge in [0.1, 0.15) is 0 Å². The highest BCUT2D eigenvalue weighted by atomic mass is 16.5. The molecule has 0 bridgehead atoms. The summed E-state index contributed by atoms with van der Waals surface area (Å²) in [6, 6.07) is 3.77. The summed E-state index contributed by atoms with van der Waals surface area (Å²) in [5.74, 6) is 0.645. The summed E-state index contributed by atoms with van der Waals surface area (Å²) >= 11 is 0. The smallest absolute Gasteiger partial charge is 0.213 e. The molecule has 0 unspecified atom stereocenters. The molecule has 0 atom stereocenters. The van der Waals surface area contributed by atoms with E-state index >= 15 is 0 Å². The zero-order chi connectivity index (χ0) is 8.10. The minimum atomic E-state index is 0.645. The maximum atomic E-state index is 4.91. The molecule has 1 heterocycles. The summed E-state index contributed by atoms with van der Waals surface area (Å²) in [5, 5.41) is 3.14. The lowest BCUT2D eigenvalue weighted by Gasteiger charge is -2.02. The van der Waals surface area contributed by atoms with Crippen LogP contribution in [0.1, 0.15) is 6.92 Å². The molecule has 0 aliphatic heterocycles. The second-order valence-electron chi connectivity index (χ2n) is 2.12. The van der Waals surface area contributed by atoms with E-state index in [-0.39, 0.29) is 0 Å². The molecule has 1 aromatic heterocycles. The van der Waals surface area contributed by atoms with E-state index in [1.54, 1.807) is 13.3 Å². The number of methoxy groups -OCH3 is 1. The Hall–Kier alpha value is -1.25. The van der Waals surface area contributed by atoms with Crippen molar-refractivity contribution in [1.29, 1.82) is 0 Å². The monoisotopic (exact) mass is 152 g/mol. The van der Waals surface area contributed by atoms with E-state index in [1.807, 2.05) is 19.1 Å². The molecule has 0 saturated heterocycles. The van der Waals surface area contributed by atoms with Crippen molar-refractivity contribution in [2.45, 2.75) is 6.92 Å². The molecule has 3 nitrogen and oxygen atoms in total. The van der Waals surface area contributed by atoms with Crippen molar-refractivity contribution in [3.63, 3.8) is 0 Å². The lowest BCUT2D eigenvalue weighted by Crippen LogP contribution is -1.96. The van der Waals surface area contributed by atoms with Crippen LogP contribution in [0.15, 0.2) is 18.3 Å². The second-order valence-corrected chi connectivity index (χ2v) is 2.12. The standard InChI is InChI=1S/C8H12N2O/c1-3-9-7-4-5-8(11-2)10-6-7/h4-6,9H,3H2,1-2H3. The van der Waals surface area contributed by atoms with Crippen LogP contribution >= 0.6 is 0 Å². The molecule has 1 aromatic rings. The van der Waals surface area contributed by atoms with Crippen LogP contribution in [0.3, 0.4) is 0 Å². The Kier molecular flexibility index (Phi) is 2.72. The van der Waals surface area contributed by atoms with Gasteiger partial charge in [-0.15, -0.1) is 0 Å². The zero-order valence-electron chi connectivity index (χ0n) is 6.79. The Morgan fingerprint density at radius 1 is 1.55 bits per heavy atom. The van der Waals surface area contributed by atoms with Crippen molar-refractivity contribution in [3.05, 3.63) is 18.3 Å². The minimum Gasteiger partial charge on any atom is -0.481 e. The quantitative estimate of drug-likeness (QED) is 0.713. The van der Waals surface area contributed by atoms with E-state index in [9.17, 15) is 0 Å². The van der Waals surface area contributed by atoms with Gasteiger partial charge in [0.15, 0.2) is 0 Å². The molecule has 0 aromatic carbocycles. The summed E-state index contributed by atoms with van der Waals surface area (Å²) in [7, 11) is 1.61. The van der Waals surface area contributed by atoms with Gasteiger partial charge in [-0.2, -0.15) is 0 Å². The third-order valence-corrected chi connectivity index (χ3v) is 1.33. The molecule has 11 heavy (non-hydrogen) atoms. The van der Waals surface area contributed by atoms with Crippen molar-refractivity contribution in [2.75, 3.05) is 19.0 Å². The van der Waals surface area contributed by atoms with E-state index in [4.69, 9.17) is 4.74 Å². The molecule has 3 heteroatoms. The van der Waals surface area contributed by atoms with E-state index in [0.29, 0.717) is 5.88 Å². The summed E-state index contributed by atoms with van der Waals surface area (Å²) < 4.78 is 4.91. The largest absolute Gasteiger partial charge is 0.481 e. The van der Waals surface area contributed by atoms with Crippen LogP contribution in [0.5, 0.6) is 5.88 Å². The minimum absolute atomic E-state index is 0.645.